The SMILES string of the molecule is Nc1nc(Cl)nc2c1ncn2[C@@H]1O[C@H](COC(CC2=CCC(C(=O)O)C=C2)(C(=O)O)C(=O)O)[C@@H](O)[C@@H]1F. The fourth-order valence-electron chi connectivity index (χ4n) is 4.07. The molecule has 198 valence electrons. The molecule has 1 unspecified atom stereocenters. The van der Waals surface area contributed by atoms with E-state index < -0.39 is 67.1 Å². The van der Waals surface area contributed by atoms with Crippen molar-refractivity contribution in [1.82, 2.24) is 19.5 Å². The van der Waals surface area contributed by atoms with Gasteiger partial charge in [-0.25, -0.2) is 19.0 Å². The van der Waals surface area contributed by atoms with Gasteiger partial charge in [0.05, 0.1) is 18.9 Å². The zero-order chi connectivity index (χ0) is 27.1. The summed E-state index contributed by atoms with van der Waals surface area (Å²) in [5.74, 6) is -5.69. The molecule has 0 spiro atoms. The van der Waals surface area contributed by atoms with E-state index in [9.17, 15) is 29.7 Å². The van der Waals surface area contributed by atoms with Crippen LogP contribution in [0.15, 0.2) is 30.1 Å². The van der Waals surface area contributed by atoms with Gasteiger partial charge in [0.25, 0.3) is 5.60 Å². The molecule has 37 heavy (non-hydrogen) atoms. The number of rotatable bonds is 9. The van der Waals surface area contributed by atoms with Crippen LogP contribution in [0.3, 0.4) is 0 Å². The number of hydrogen-bond acceptors (Lipinski definition) is 10. The molecular formula is C21H21ClFN5O9. The van der Waals surface area contributed by atoms with E-state index >= 15 is 4.39 Å². The van der Waals surface area contributed by atoms with Gasteiger partial charge in [-0.3, -0.25) is 9.36 Å². The molecule has 2 aromatic heterocycles. The van der Waals surface area contributed by atoms with Crippen molar-refractivity contribution < 1.29 is 48.7 Å². The molecule has 4 rings (SSSR count). The van der Waals surface area contributed by atoms with Gasteiger partial charge >= 0.3 is 17.9 Å². The Morgan fingerprint density at radius 2 is 1.97 bits per heavy atom. The van der Waals surface area contributed by atoms with Crippen molar-refractivity contribution in [3.05, 3.63) is 35.4 Å². The Morgan fingerprint density at radius 3 is 2.57 bits per heavy atom. The van der Waals surface area contributed by atoms with Gasteiger partial charge in [-0.15, -0.1) is 0 Å². The number of carbonyl (C=O) groups is 3. The van der Waals surface area contributed by atoms with E-state index in [1.165, 1.54) is 18.2 Å². The monoisotopic (exact) mass is 541 g/mol. The first-order valence-electron chi connectivity index (χ1n) is 10.8. The molecule has 0 bridgehead atoms. The van der Waals surface area contributed by atoms with Crippen molar-refractivity contribution in [2.24, 2.45) is 5.92 Å². The van der Waals surface area contributed by atoms with Gasteiger partial charge in [-0.05, 0) is 23.6 Å². The fourth-order valence-corrected chi connectivity index (χ4v) is 4.24. The van der Waals surface area contributed by atoms with Crippen LogP contribution < -0.4 is 5.73 Å². The second kappa shape index (κ2) is 10.0. The summed E-state index contributed by atoms with van der Waals surface area (Å²) in [7, 11) is 0. The predicted octanol–water partition coefficient (Wildman–Crippen LogP) is 0.560. The molecule has 1 aliphatic heterocycles. The van der Waals surface area contributed by atoms with Crippen LogP contribution >= 0.6 is 11.6 Å². The van der Waals surface area contributed by atoms with Crippen LogP contribution in [0.4, 0.5) is 10.2 Å². The Labute approximate surface area is 211 Å². The number of halogens is 2. The third kappa shape index (κ3) is 4.85. The van der Waals surface area contributed by atoms with Crippen LogP contribution in [0.2, 0.25) is 5.28 Å². The van der Waals surface area contributed by atoms with Gasteiger partial charge in [0.1, 0.15) is 17.7 Å². The maximum atomic E-state index is 15.0. The maximum absolute atomic E-state index is 15.0. The van der Waals surface area contributed by atoms with E-state index in [1.807, 2.05) is 0 Å². The second-order valence-electron chi connectivity index (χ2n) is 8.45. The third-order valence-electron chi connectivity index (χ3n) is 6.12. The molecule has 2 aromatic rings. The molecule has 0 amide bonds. The third-order valence-corrected chi connectivity index (χ3v) is 6.29. The van der Waals surface area contributed by atoms with Gasteiger partial charge in [0.2, 0.25) is 5.28 Å². The number of imidazole rings is 1. The fraction of sp³-hybridized carbons (Fsp3) is 0.429. The summed E-state index contributed by atoms with van der Waals surface area (Å²) < 4.78 is 27.0. The Hall–Kier alpha value is -3.66. The lowest BCUT2D eigenvalue weighted by atomic mass is 9.88. The van der Waals surface area contributed by atoms with Gasteiger partial charge in [-0.2, -0.15) is 9.97 Å². The molecule has 3 heterocycles. The van der Waals surface area contributed by atoms with Crippen LogP contribution in [0.25, 0.3) is 11.2 Å². The van der Waals surface area contributed by atoms with Crippen LogP contribution in [0, 0.1) is 5.92 Å². The highest BCUT2D eigenvalue weighted by molar-refractivity contribution is 6.28. The van der Waals surface area contributed by atoms with Crippen molar-refractivity contribution in [2.75, 3.05) is 12.3 Å². The number of aromatic nitrogens is 4. The summed E-state index contributed by atoms with van der Waals surface area (Å²) >= 11 is 5.82. The van der Waals surface area contributed by atoms with Gasteiger partial charge in [0, 0.05) is 6.42 Å². The van der Waals surface area contributed by atoms with Crippen molar-refractivity contribution in [1.29, 1.82) is 0 Å². The van der Waals surface area contributed by atoms with E-state index in [2.05, 4.69) is 15.0 Å². The molecule has 1 fully saturated rings. The highest BCUT2D eigenvalue weighted by Gasteiger charge is 2.52. The molecule has 2 aliphatic rings. The van der Waals surface area contributed by atoms with E-state index in [-0.39, 0.29) is 34.3 Å². The minimum Gasteiger partial charge on any atom is -0.481 e. The highest BCUT2D eigenvalue weighted by Crippen LogP contribution is 2.36. The van der Waals surface area contributed by atoms with Crippen molar-refractivity contribution in [2.45, 2.75) is 43.1 Å². The second-order valence-corrected chi connectivity index (χ2v) is 8.78. The molecule has 0 aromatic carbocycles. The van der Waals surface area contributed by atoms with Gasteiger partial charge < -0.3 is 35.6 Å². The van der Waals surface area contributed by atoms with Gasteiger partial charge in [0.15, 0.2) is 23.9 Å². The zero-order valence-corrected chi connectivity index (χ0v) is 19.5. The smallest absolute Gasteiger partial charge is 0.348 e. The number of carboxylic acids is 3. The number of alkyl halides is 1. The Kier molecular flexibility index (Phi) is 7.14. The summed E-state index contributed by atoms with van der Waals surface area (Å²) in [5.41, 5.74) is 3.25. The lowest BCUT2D eigenvalue weighted by molar-refractivity contribution is -0.189. The number of aliphatic hydroxyl groups excluding tert-OH is 1. The average molecular weight is 542 g/mol. The first-order chi connectivity index (χ1) is 17.4. The van der Waals surface area contributed by atoms with E-state index in [4.69, 9.17) is 31.9 Å². The summed E-state index contributed by atoms with van der Waals surface area (Å²) in [6.45, 7) is -0.810. The first kappa shape index (κ1) is 26.4. The number of aliphatic carboxylic acids is 3. The molecule has 0 saturated carbocycles. The number of allylic oxidation sites excluding steroid dienone is 2. The summed E-state index contributed by atoms with van der Waals surface area (Å²) in [6, 6.07) is 0. The van der Waals surface area contributed by atoms with E-state index in [0.29, 0.717) is 0 Å². The molecule has 1 saturated heterocycles. The van der Waals surface area contributed by atoms with E-state index in [1.54, 1.807) is 0 Å². The summed E-state index contributed by atoms with van der Waals surface area (Å²) in [5, 5.41) is 38.7. The zero-order valence-electron chi connectivity index (χ0n) is 18.8. The summed E-state index contributed by atoms with van der Waals surface area (Å²) in [4.78, 5) is 46.9. The number of carboxylic acid groups (broad SMARTS) is 3. The standard InChI is InChI=1S/C21H21ClFN5O9/c22-20-26-14(24)12-15(27-20)28(7-25-12)16-11(23)13(29)10(37-16)6-36-21(18(32)33,19(34)35)5-8-1-3-9(4-2-8)17(30)31/h1-3,7,9-11,13,16,29H,4-6H2,(H,30,31)(H,32,33)(H,34,35)(H2,24,26,27)/t9?,10-,11+,13-,16-/m1/s1. The normalized spacial score (nSPS) is 25.8. The van der Waals surface area contributed by atoms with Crippen molar-refractivity contribution in [3.8, 4) is 0 Å². The summed E-state index contributed by atoms with van der Waals surface area (Å²) in [6.07, 6.45) is -2.34. The quantitative estimate of drug-likeness (QED) is 0.216. The predicted molar refractivity (Wildman–Crippen MR) is 121 cm³/mol. The van der Waals surface area contributed by atoms with Crippen LogP contribution in [-0.2, 0) is 23.9 Å². The molecule has 6 N–H and O–H groups in total. The highest BCUT2D eigenvalue weighted by atomic mass is 35.5. The number of hydrogen-bond donors (Lipinski definition) is 5. The number of anilines is 1. The topological polar surface area (TPSA) is 220 Å². The van der Waals surface area contributed by atoms with E-state index in [0.717, 1.165) is 10.9 Å². The van der Waals surface area contributed by atoms with Crippen molar-refractivity contribution >= 4 is 46.5 Å². The van der Waals surface area contributed by atoms with Gasteiger partial charge in [-0.1, -0.05) is 18.2 Å². The molecule has 1 aliphatic carbocycles. The lowest BCUT2D eigenvalue weighted by Gasteiger charge is -2.28. The molecular weight excluding hydrogens is 521 g/mol. The Bertz CT molecular complexity index is 1300. The molecule has 0 radical (unpaired) electrons. The Balaban J connectivity index is 1.53. The molecule has 16 heteroatoms. The minimum atomic E-state index is -2.82. The van der Waals surface area contributed by atoms with Crippen LogP contribution in [-0.4, -0.2) is 88.4 Å². The maximum Gasteiger partial charge on any atom is 0.348 e. The number of ether oxygens (including phenoxy) is 2. The largest absolute Gasteiger partial charge is 0.481 e. The number of nitrogen functional groups attached to an aromatic ring is 1. The minimum absolute atomic E-state index is 0.0139. The number of aliphatic hydroxyl groups is 1. The van der Waals surface area contributed by atoms with Crippen molar-refractivity contribution in [3.63, 3.8) is 0 Å². The molecule has 14 nitrogen and oxygen atoms in total. The number of nitrogens with zero attached hydrogens (tertiary/aromatic N) is 4. The number of nitrogens with two attached hydrogens (primary N) is 1. The van der Waals surface area contributed by atoms with Crippen LogP contribution in [0.5, 0.6) is 0 Å². The van der Waals surface area contributed by atoms with Crippen LogP contribution in [0.1, 0.15) is 19.1 Å². The lowest BCUT2D eigenvalue weighted by Crippen LogP contribution is -2.51. The first-order valence-corrected chi connectivity index (χ1v) is 11.2. The molecule has 5 atom stereocenters. The average Bonchev–Trinajstić information content (AvgIpc) is 3.37. The Morgan fingerprint density at radius 1 is 1.27 bits per heavy atom. The number of fused-ring (bicyclic) bond motifs is 1.